The van der Waals surface area contributed by atoms with Gasteiger partial charge in [0.1, 0.15) is 18.5 Å². The van der Waals surface area contributed by atoms with E-state index in [1.807, 2.05) is 13.8 Å². The fourth-order valence-corrected chi connectivity index (χ4v) is 4.60. The normalized spacial score (nSPS) is 28.7. The van der Waals surface area contributed by atoms with Crippen LogP contribution in [-0.4, -0.2) is 90.8 Å². The zero-order valence-corrected chi connectivity index (χ0v) is 21.4. The molecular weight excluding hydrogens is 468 g/mol. The smallest absolute Gasteiger partial charge is 0.455 e. The van der Waals surface area contributed by atoms with Crippen molar-refractivity contribution in [3.63, 3.8) is 0 Å². The zero-order valence-electron chi connectivity index (χ0n) is 18.5. The number of imidazole rings is 1. The molecule has 2 aliphatic rings. The second kappa shape index (κ2) is 10.9. The van der Waals surface area contributed by atoms with Crippen LogP contribution in [0.5, 0.6) is 0 Å². The van der Waals surface area contributed by atoms with Crippen molar-refractivity contribution in [3.8, 4) is 0 Å². The first kappa shape index (κ1) is 26.2. The summed E-state index contributed by atoms with van der Waals surface area (Å²) in [6, 6.07) is 0. The molecule has 33 heavy (non-hydrogen) atoms. The number of aromatic nitrogens is 4. The first-order valence-corrected chi connectivity index (χ1v) is 11.8. The fourth-order valence-electron chi connectivity index (χ4n) is 3.64. The van der Waals surface area contributed by atoms with Gasteiger partial charge in [0.25, 0.3) is 0 Å². The molecule has 0 spiro atoms. The van der Waals surface area contributed by atoms with E-state index in [0.717, 1.165) is 0 Å². The van der Waals surface area contributed by atoms with E-state index in [2.05, 4.69) is 20.3 Å². The quantitative estimate of drug-likeness (QED) is 0.326. The number of carbonyl (C=O) groups is 2. The molecule has 177 valence electrons. The first-order valence-electron chi connectivity index (χ1n) is 10.3. The minimum atomic E-state index is -4.30. The molecule has 2 fully saturated rings. The third-order valence-corrected chi connectivity index (χ3v) is 6.02. The van der Waals surface area contributed by atoms with Crippen LogP contribution in [0, 0.1) is 0 Å². The molecule has 1 amide bonds. The Kier molecular flexibility index (Phi) is 8.62. The number of phosphoric acid groups is 1. The standard InChI is InChI=1S/C18H24N5O8P.Na.H2/c1-3-5-11(24)22-16-13-17(20-8-19-16)23(9-21-13)18-15(30-12(25)6-4-2)14-10(29-18)7-28-32(26,27)31-14;;/h8-10,14-15,18H,3-7H2,1-2H3,(H,26,27)(H,19,20,22,24);;1H/t10-,14-,15-,18-;;/m1../s1. The van der Waals surface area contributed by atoms with E-state index in [-0.39, 0.29) is 55.7 Å². The molecule has 2 aromatic heterocycles. The van der Waals surface area contributed by atoms with Crippen molar-refractivity contribution in [3.05, 3.63) is 12.7 Å². The molecule has 0 bridgehead atoms. The fraction of sp³-hybridized carbons (Fsp3) is 0.611. The molecule has 4 rings (SSSR count). The Morgan fingerprint density at radius 2 is 2.06 bits per heavy atom. The van der Waals surface area contributed by atoms with Gasteiger partial charge in [0, 0.05) is 43.8 Å². The molecule has 4 heterocycles. The molecule has 1 unspecified atom stereocenters. The van der Waals surface area contributed by atoms with Gasteiger partial charge in [-0.15, -0.1) is 0 Å². The number of nitrogens with one attached hydrogen (secondary N) is 1. The van der Waals surface area contributed by atoms with Crippen LogP contribution in [0.15, 0.2) is 12.7 Å². The van der Waals surface area contributed by atoms with Crippen LogP contribution in [0.2, 0.25) is 0 Å². The molecule has 13 nitrogen and oxygen atoms in total. The third-order valence-electron chi connectivity index (χ3n) is 5.03. The Bertz CT molecular complexity index is 1070. The molecule has 2 aromatic rings. The molecule has 2 N–H and O–H groups in total. The van der Waals surface area contributed by atoms with Gasteiger partial charge in [-0.25, -0.2) is 19.5 Å². The van der Waals surface area contributed by atoms with E-state index in [9.17, 15) is 19.0 Å². The molecule has 1 radical (unpaired) electrons. The van der Waals surface area contributed by atoms with E-state index in [1.165, 1.54) is 17.2 Å². The largest absolute Gasteiger partial charge is 0.472 e. The summed E-state index contributed by atoms with van der Waals surface area (Å²) in [5.41, 5.74) is 0.638. The maximum absolute atomic E-state index is 12.3. The van der Waals surface area contributed by atoms with Crippen LogP contribution in [-0.2, 0) is 32.7 Å². The number of phosphoric ester groups is 1. The number of fused-ring (bicyclic) bond motifs is 2. The summed E-state index contributed by atoms with van der Waals surface area (Å²) in [4.78, 5) is 46.7. The van der Waals surface area contributed by atoms with Gasteiger partial charge in [0.2, 0.25) is 5.91 Å². The molecular formula is C18H26N5NaO8P. The summed E-state index contributed by atoms with van der Waals surface area (Å²) >= 11 is 0. The van der Waals surface area contributed by atoms with E-state index in [4.69, 9.17) is 18.5 Å². The van der Waals surface area contributed by atoms with Gasteiger partial charge in [-0.1, -0.05) is 13.8 Å². The topological polar surface area (TPSA) is 164 Å². The number of carbonyl (C=O) groups excluding carboxylic acids is 2. The molecule has 0 saturated carbocycles. The predicted molar refractivity (Wildman–Crippen MR) is 116 cm³/mol. The van der Waals surface area contributed by atoms with Crippen LogP contribution in [0.25, 0.3) is 11.2 Å². The second-order valence-electron chi connectivity index (χ2n) is 7.45. The number of hydrogen-bond donors (Lipinski definition) is 2. The second-order valence-corrected chi connectivity index (χ2v) is 8.85. The van der Waals surface area contributed by atoms with Crippen molar-refractivity contribution >= 4 is 66.2 Å². The number of esters is 1. The van der Waals surface area contributed by atoms with E-state index in [1.54, 1.807) is 0 Å². The van der Waals surface area contributed by atoms with Crippen molar-refractivity contribution in [2.75, 3.05) is 11.9 Å². The Morgan fingerprint density at radius 1 is 1.30 bits per heavy atom. The number of nitrogens with zero attached hydrogens (tertiary/aromatic N) is 4. The average molecular weight is 494 g/mol. The van der Waals surface area contributed by atoms with Crippen LogP contribution < -0.4 is 5.32 Å². The average Bonchev–Trinajstić information content (AvgIpc) is 3.30. The Labute approximate surface area is 212 Å². The van der Waals surface area contributed by atoms with Crippen LogP contribution in [0.3, 0.4) is 0 Å². The predicted octanol–water partition coefficient (Wildman–Crippen LogP) is 1.56. The van der Waals surface area contributed by atoms with Gasteiger partial charge in [0.05, 0.1) is 12.9 Å². The molecule has 0 aliphatic carbocycles. The number of rotatable bonds is 7. The van der Waals surface area contributed by atoms with E-state index in [0.29, 0.717) is 30.4 Å². The van der Waals surface area contributed by atoms with E-state index < -0.39 is 38.3 Å². The van der Waals surface area contributed by atoms with Gasteiger partial charge < -0.3 is 19.7 Å². The van der Waals surface area contributed by atoms with Crippen LogP contribution >= 0.6 is 7.82 Å². The van der Waals surface area contributed by atoms with E-state index >= 15 is 0 Å². The van der Waals surface area contributed by atoms with Gasteiger partial charge in [0.15, 0.2) is 29.3 Å². The minimum absolute atomic E-state index is 0. The number of anilines is 1. The van der Waals surface area contributed by atoms with Gasteiger partial charge in [-0.2, -0.15) is 0 Å². The zero-order chi connectivity index (χ0) is 22.9. The minimum Gasteiger partial charge on any atom is -0.455 e. The summed E-state index contributed by atoms with van der Waals surface area (Å²) in [5, 5.41) is 2.70. The monoisotopic (exact) mass is 494 g/mol. The number of amides is 1. The Balaban J connectivity index is 0.00000204. The van der Waals surface area contributed by atoms with Crippen molar-refractivity contribution < 1.29 is 39.0 Å². The summed E-state index contributed by atoms with van der Waals surface area (Å²) in [7, 11) is -4.30. The molecule has 2 aliphatic heterocycles. The summed E-state index contributed by atoms with van der Waals surface area (Å²) in [6.07, 6.45) is 0.639. The maximum Gasteiger partial charge on any atom is 0.472 e. The third kappa shape index (κ3) is 5.63. The molecule has 2 saturated heterocycles. The van der Waals surface area contributed by atoms with Crippen LogP contribution in [0.4, 0.5) is 5.82 Å². The van der Waals surface area contributed by atoms with Crippen LogP contribution in [0.1, 0.15) is 47.2 Å². The Hall–Kier alpha value is -1.44. The summed E-state index contributed by atoms with van der Waals surface area (Å²) in [5.74, 6) is -0.469. The first-order chi connectivity index (χ1) is 15.3. The van der Waals surface area contributed by atoms with Crippen molar-refractivity contribution in [2.45, 2.75) is 64.1 Å². The number of hydrogen-bond acceptors (Lipinski definition) is 10. The molecule has 0 aromatic carbocycles. The van der Waals surface area contributed by atoms with Crippen molar-refractivity contribution in [2.24, 2.45) is 0 Å². The molecule has 15 heteroatoms. The summed E-state index contributed by atoms with van der Waals surface area (Å²) in [6.45, 7) is 3.50. The molecule has 5 atom stereocenters. The maximum atomic E-state index is 12.3. The number of ether oxygens (including phenoxy) is 2. The van der Waals surface area contributed by atoms with Crippen molar-refractivity contribution in [1.82, 2.24) is 19.5 Å². The van der Waals surface area contributed by atoms with Crippen molar-refractivity contribution in [1.29, 1.82) is 0 Å². The van der Waals surface area contributed by atoms with Gasteiger partial charge in [-0.3, -0.25) is 23.2 Å². The Morgan fingerprint density at radius 3 is 2.79 bits per heavy atom. The SMILES string of the molecule is CCCC(=O)Nc1ncnc2c1ncn2[C@@H]1O[C@@H]2COP(=O)(O)O[C@H]2[C@H]1OC(=O)CCC.[HH].[Na]. The van der Waals surface area contributed by atoms with Gasteiger partial charge >= 0.3 is 13.8 Å². The summed E-state index contributed by atoms with van der Waals surface area (Å²) < 4.78 is 35.1. The van der Waals surface area contributed by atoms with Gasteiger partial charge in [-0.05, 0) is 12.8 Å².